The van der Waals surface area contributed by atoms with Crippen LogP contribution in [0.4, 0.5) is 11.4 Å². The van der Waals surface area contributed by atoms with Gasteiger partial charge in [-0.05, 0) is 36.2 Å². The molecule has 0 saturated carbocycles. The highest BCUT2D eigenvalue weighted by Gasteiger charge is 2.21. The molecule has 0 aromatic heterocycles. The molecule has 0 atom stereocenters. The number of rotatable bonds is 6. The highest BCUT2D eigenvalue weighted by molar-refractivity contribution is 6.30. The van der Waals surface area contributed by atoms with E-state index >= 15 is 0 Å². The molecule has 2 aromatic rings. The number of benzene rings is 2. The van der Waals surface area contributed by atoms with Gasteiger partial charge >= 0.3 is 0 Å². The fraction of sp³-hybridized carbons (Fsp3) is 0.350. The maximum Gasteiger partial charge on any atom is 0.293 e. The van der Waals surface area contributed by atoms with E-state index < -0.39 is 4.92 Å². The topological polar surface area (TPSA) is 78.7 Å². The number of amides is 1. The average molecular weight is 403 g/mol. The van der Waals surface area contributed by atoms with Gasteiger partial charge in [-0.25, -0.2) is 0 Å². The predicted molar refractivity (Wildman–Crippen MR) is 110 cm³/mol. The molecule has 1 aliphatic rings. The first-order valence-corrected chi connectivity index (χ1v) is 9.52. The summed E-state index contributed by atoms with van der Waals surface area (Å²) in [6, 6.07) is 12.6. The molecule has 1 fully saturated rings. The molecule has 1 saturated heterocycles. The van der Waals surface area contributed by atoms with Crippen LogP contribution in [0.3, 0.4) is 0 Å². The zero-order valence-electron chi connectivity index (χ0n) is 15.7. The fourth-order valence-electron chi connectivity index (χ4n) is 3.29. The largest absolute Gasteiger partial charge is 0.319 e. The van der Waals surface area contributed by atoms with Crippen LogP contribution in [-0.2, 0) is 11.3 Å². The Labute approximate surface area is 169 Å². The van der Waals surface area contributed by atoms with Gasteiger partial charge in [0.1, 0.15) is 5.69 Å². The van der Waals surface area contributed by atoms with Crippen LogP contribution in [0.25, 0.3) is 0 Å². The molecule has 0 radical (unpaired) electrons. The molecule has 1 heterocycles. The van der Waals surface area contributed by atoms with Crippen molar-refractivity contribution >= 4 is 28.9 Å². The molecule has 1 aliphatic heterocycles. The van der Waals surface area contributed by atoms with Gasteiger partial charge in [-0.2, -0.15) is 0 Å². The molecule has 0 unspecified atom stereocenters. The first-order chi connectivity index (χ1) is 13.4. The molecule has 0 spiro atoms. The minimum Gasteiger partial charge on any atom is -0.319 e. The molecule has 2 aromatic carbocycles. The molecule has 3 rings (SSSR count). The van der Waals surface area contributed by atoms with Crippen molar-refractivity contribution in [1.82, 2.24) is 9.80 Å². The van der Waals surface area contributed by atoms with Crippen molar-refractivity contribution in [3.05, 3.63) is 68.7 Å². The second-order valence-corrected chi connectivity index (χ2v) is 7.44. The number of aryl methyl sites for hydroxylation is 1. The number of carbonyl (C=O) groups is 1. The lowest BCUT2D eigenvalue weighted by atomic mass is 10.2. The van der Waals surface area contributed by atoms with Gasteiger partial charge in [-0.3, -0.25) is 24.7 Å². The van der Waals surface area contributed by atoms with Crippen LogP contribution >= 0.6 is 11.6 Å². The average Bonchev–Trinajstić information content (AvgIpc) is 2.64. The van der Waals surface area contributed by atoms with Crippen molar-refractivity contribution in [3.8, 4) is 0 Å². The van der Waals surface area contributed by atoms with Crippen molar-refractivity contribution in [3.63, 3.8) is 0 Å². The fourth-order valence-corrected chi connectivity index (χ4v) is 3.50. The van der Waals surface area contributed by atoms with E-state index in [1.54, 1.807) is 19.1 Å². The predicted octanol–water partition coefficient (Wildman–Crippen LogP) is 3.31. The van der Waals surface area contributed by atoms with Crippen LogP contribution in [-0.4, -0.2) is 53.4 Å². The van der Waals surface area contributed by atoms with Crippen LogP contribution < -0.4 is 5.32 Å². The number of anilines is 1. The van der Waals surface area contributed by atoms with Crippen molar-refractivity contribution in [2.24, 2.45) is 0 Å². The van der Waals surface area contributed by atoms with Crippen LogP contribution in [0.15, 0.2) is 42.5 Å². The van der Waals surface area contributed by atoms with E-state index in [0.29, 0.717) is 0 Å². The number of nitro groups is 1. The number of halogens is 1. The smallest absolute Gasteiger partial charge is 0.293 e. The van der Waals surface area contributed by atoms with Crippen LogP contribution in [0.2, 0.25) is 5.02 Å². The summed E-state index contributed by atoms with van der Waals surface area (Å²) in [5.74, 6) is -0.241. The summed E-state index contributed by atoms with van der Waals surface area (Å²) in [6.07, 6.45) is 0. The van der Waals surface area contributed by atoms with Gasteiger partial charge in [0.2, 0.25) is 5.91 Å². The summed E-state index contributed by atoms with van der Waals surface area (Å²) in [5, 5.41) is 14.6. The van der Waals surface area contributed by atoms with E-state index in [1.165, 1.54) is 11.6 Å². The molecule has 28 heavy (non-hydrogen) atoms. The lowest BCUT2D eigenvalue weighted by Gasteiger charge is -2.34. The molecule has 1 N–H and O–H groups in total. The first kappa shape index (κ1) is 20.3. The van der Waals surface area contributed by atoms with E-state index in [1.807, 2.05) is 18.2 Å². The highest BCUT2D eigenvalue weighted by Crippen LogP contribution is 2.25. The lowest BCUT2D eigenvalue weighted by molar-refractivity contribution is -0.384. The third kappa shape index (κ3) is 5.51. The molecule has 0 aliphatic carbocycles. The Hall–Kier alpha value is -2.48. The zero-order valence-corrected chi connectivity index (χ0v) is 16.5. The zero-order chi connectivity index (χ0) is 20.1. The van der Waals surface area contributed by atoms with Crippen molar-refractivity contribution in [1.29, 1.82) is 0 Å². The number of hydrogen-bond acceptors (Lipinski definition) is 5. The first-order valence-electron chi connectivity index (χ1n) is 9.15. The normalized spacial score (nSPS) is 15.4. The molecule has 7 nitrogen and oxygen atoms in total. The summed E-state index contributed by atoms with van der Waals surface area (Å²) < 4.78 is 0. The monoisotopic (exact) mass is 402 g/mol. The summed E-state index contributed by atoms with van der Waals surface area (Å²) in [5.41, 5.74) is 2.10. The van der Waals surface area contributed by atoms with E-state index in [0.717, 1.165) is 43.3 Å². The highest BCUT2D eigenvalue weighted by atomic mass is 35.5. The van der Waals surface area contributed by atoms with Gasteiger partial charge in [-0.1, -0.05) is 29.8 Å². The quantitative estimate of drug-likeness (QED) is 0.592. The van der Waals surface area contributed by atoms with Crippen molar-refractivity contribution < 1.29 is 9.72 Å². The third-order valence-corrected chi connectivity index (χ3v) is 4.99. The molecule has 8 heteroatoms. The minimum absolute atomic E-state index is 0.0836. The van der Waals surface area contributed by atoms with Gasteiger partial charge < -0.3 is 5.32 Å². The number of carbonyl (C=O) groups excluding carboxylic acids is 1. The minimum atomic E-state index is -0.475. The van der Waals surface area contributed by atoms with E-state index in [9.17, 15) is 14.9 Å². The second-order valence-electron chi connectivity index (χ2n) is 7.01. The standard InChI is InChI=1S/C20H23ClN4O3/c1-15-5-6-18(19(11-15)25(27)28)22-20(26)14-24-9-7-23(8-10-24)13-16-3-2-4-17(21)12-16/h2-6,11-12H,7-10,13-14H2,1H3,(H,22,26). The summed E-state index contributed by atoms with van der Waals surface area (Å²) >= 11 is 6.04. The Bertz CT molecular complexity index is 866. The van der Waals surface area contributed by atoms with E-state index in [-0.39, 0.29) is 23.8 Å². The second kappa shape index (κ2) is 9.14. The lowest BCUT2D eigenvalue weighted by Crippen LogP contribution is -2.48. The van der Waals surface area contributed by atoms with Crippen molar-refractivity contribution in [2.75, 3.05) is 38.0 Å². The number of hydrogen-bond donors (Lipinski definition) is 1. The van der Waals surface area contributed by atoms with Gasteiger partial charge in [0.15, 0.2) is 0 Å². The molecule has 148 valence electrons. The summed E-state index contributed by atoms with van der Waals surface area (Å²) in [7, 11) is 0. The van der Waals surface area contributed by atoms with Gasteiger partial charge in [0.25, 0.3) is 5.69 Å². The summed E-state index contributed by atoms with van der Waals surface area (Å²) in [6.45, 7) is 6.07. The molecule has 0 bridgehead atoms. The third-order valence-electron chi connectivity index (χ3n) is 4.75. The number of nitrogens with zero attached hydrogens (tertiary/aromatic N) is 3. The number of nitro benzene ring substituents is 1. The van der Waals surface area contributed by atoms with E-state index in [4.69, 9.17) is 11.6 Å². The maximum absolute atomic E-state index is 12.3. The SMILES string of the molecule is Cc1ccc(NC(=O)CN2CCN(Cc3cccc(Cl)c3)CC2)c([N+](=O)[O-])c1. The molecular formula is C20H23ClN4O3. The van der Waals surface area contributed by atoms with Crippen LogP contribution in [0.5, 0.6) is 0 Å². The molecular weight excluding hydrogens is 380 g/mol. The Morgan fingerprint density at radius 3 is 2.54 bits per heavy atom. The summed E-state index contributed by atoms with van der Waals surface area (Å²) in [4.78, 5) is 27.4. The Kier molecular flexibility index (Phi) is 6.61. The van der Waals surface area contributed by atoms with E-state index in [2.05, 4.69) is 21.2 Å². The number of nitrogens with one attached hydrogen (secondary N) is 1. The van der Waals surface area contributed by atoms with Gasteiger partial charge in [0.05, 0.1) is 11.5 Å². The molecule has 1 amide bonds. The van der Waals surface area contributed by atoms with Crippen LogP contribution in [0, 0.1) is 17.0 Å². The maximum atomic E-state index is 12.3. The van der Waals surface area contributed by atoms with Gasteiger partial charge in [0, 0.05) is 43.8 Å². The Morgan fingerprint density at radius 1 is 1.14 bits per heavy atom. The van der Waals surface area contributed by atoms with Gasteiger partial charge in [-0.15, -0.1) is 0 Å². The Balaban J connectivity index is 1.49. The number of piperazine rings is 1. The Morgan fingerprint density at radius 2 is 1.86 bits per heavy atom. The van der Waals surface area contributed by atoms with Crippen molar-refractivity contribution in [2.45, 2.75) is 13.5 Å². The van der Waals surface area contributed by atoms with Crippen LogP contribution in [0.1, 0.15) is 11.1 Å².